The van der Waals surface area contributed by atoms with Crippen LogP contribution in [0.1, 0.15) is 16.7 Å². The van der Waals surface area contributed by atoms with Gasteiger partial charge in [-0.15, -0.1) is 0 Å². The van der Waals surface area contributed by atoms with Crippen molar-refractivity contribution in [3.8, 4) is 0 Å². The van der Waals surface area contributed by atoms with Crippen LogP contribution in [0.5, 0.6) is 0 Å². The van der Waals surface area contributed by atoms with Crippen molar-refractivity contribution in [3.05, 3.63) is 69.7 Å². The van der Waals surface area contributed by atoms with E-state index in [0.29, 0.717) is 6.42 Å². The van der Waals surface area contributed by atoms with Crippen molar-refractivity contribution < 1.29 is 10.2 Å². The third-order valence-corrected chi connectivity index (χ3v) is 4.53. The number of rotatable bonds is 5. The van der Waals surface area contributed by atoms with E-state index < -0.39 is 5.41 Å². The summed E-state index contributed by atoms with van der Waals surface area (Å²) in [5.74, 6) is 0. The van der Waals surface area contributed by atoms with Crippen molar-refractivity contribution in [2.75, 3.05) is 13.2 Å². The number of aliphatic hydroxyl groups excluding tert-OH is 2. The maximum Gasteiger partial charge on any atom is 0.0553 e. The van der Waals surface area contributed by atoms with Gasteiger partial charge in [-0.25, -0.2) is 0 Å². The molecule has 2 nitrogen and oxygen atoms in total. The van der Waals surface area contributed by atoms with Gasteiger partial charge in [0.25, 0.3) is 0 Å². The Morgan fingerprint density at radius 2 is 1.55 bits per heavy atom. The Labute approximate surface area is 128 Å². The predicted molar refractivity (Wildman–Crippen MR) is 84.9 cm³/mol. The predicted octanol–water partition coefficient (Wildman–Crippen LogP) is 3.22. The molecule has 0 fully saturated rings. The third-order valence-electron chi connectivity index (χ3n) is 3.76. The molecule has 0 amide bonds. The number of aryl methyl sites for hydroxylation is 1. The maximum absolute atomic E-state index is 9.88. The summed E-state index contributed by atoms with van der Waals surface area (Å²) in [5, 5.41) is 19.8. The number of benzene rings is 2. The van der Waals surface area contributed by atoms with Crippen LogP contribution in [0.2, 0.25) is 0 Å². The van der Waals surface area contributed by atoms with E-state index in [0.717, 1.165) is 15.6 Å². The Bertz CT molecular complexity index is 559. The van der Waals surface area contributed by atoms with Gasteiger partial charge in [0.15, 0.2) is 0 Å². The van der Waals surface area contributed by atoms with Gasteiger partial charge in [-0.3, -0.25) is 0 Å². The SMILES string of the molecule is Cc1ccc(C(CO)(CO)Cc2ccccc2Br)cc1. The first-order valence-corrected chi connectivity index (χ1v) is 7.43. The average molecular weight is 335 g/mol. The molecular formula is C17H19BrO2. The summed E-state index contributed by atoms with van der Waals surface area (Å²) in [6.07, 6.45) is 0.588. The molecular weight excluding hydrogens is 316 g/mol. The zero-order valence-electron chi connectivity index (χ0n) is 11.5. The van der Waals surface area contributed by atoms with Gasteiger partial charge in [-0.1, -0.05) is 64.0 Å². The fraction of sp³-hybridized carbons (Fsp3) is 0.294. The fourth-order valence-electron chi connectivity index (χ4n) is 2.36. The zero-order valence-corrected chi connectivity index (χ0v) is 13.1. The van der Waals surface area contributed by atoms with Crippen LogP contribution in [0, 0.1) is 6.92 Å². The van der Waals surface area contributed by atoms with Crippen LogP contribution in [0.15, 0.2) is 53.0 Å². The molecule has 0 unspecified atom stereocenters. The van der Waals surface area contributed by atoms with Crippen molar-refractivity contribution in [3.63, 3.8) is 0 Å². The summed E-state index contributed by atoms with van der Waals surface area (Å²) in [7, 11) is 0. The molecule has 2 aromatic carbocycles. The molecule has 0 atom stereocenters. The lowest BCUT2D eigenvalue weighted by atomic mass is 9.76. The van der Waals surface area contributed by atoms with Gasteiger partial charge < -0.3 is 10.2 Å². The van der Waals surface area contributed by atoms with Gasteiger partial charge in [0, 0.05) is 9.89 Å². The minimum Gasteiger partial charge on any atom is -0.395 e. The number of halogens is 1. The van der Waals surface area contributed by atoms with Gasteiger partial charge in [-0.05, 0) is 30.5 Å². The summed E-state index contributed by atoms with van der Waals surface area (Å²) in [6, 6.07) is 15.9. The van der Waals surface area contributed by atoms with Gasteiger partial charge >= 0.3 is 0 Å². The van der Waals surface area contributed by atoms with Crippen LogP contribution in [0.25, 0.3) is 0 Å². The van der Waals surface area contributed by atoms with Crippen molar-refractivity contribution >= 4 is 15.9 Å². The monoisotopic (exact) mass is 334 g/mol. The lowest BCUT2D eigenvalue weighted by molar-refractivity contribution is 0.116. The normalized spacial score (nSPS) is 11.6. The molecule has 0 heterocycles. The van der Waals surface area contributed by atoms with Gasteiger partial charge in [0.2, 0.25) is 0 Å². The summed E-state index contributed by atoms with van der Waals surface area (Å²) < 4.78 is 0.999. The minimum absolute atomic E-state index is 0.0894. The molecule has 2 aromatic rings. The first kappa shape index (κ1) is 15.2. The first-order valence-electron chi connectivity index (χ1n) is 6.63. The molecule has 0 saturated carbocycles. The molecule has 0 aliphatic heterocycles. The molecule has 3 heteroatoms. The molecule has 0 spiro atoms. The molecule has 2 rings (SSSR count). The molecule has 0 radical (unpaired) electrons. The second-order valence-electron chi connectivity index (χ2n) is 5.23. The van der Waals surface area contributed by atoms with E-state index in [2.05, 4.69) is 15.9 Å². The Kier molecular flexibility index (Phi) is 4.97. The highest BCUT2D eigenvalue weighted by atomic mass is 79.9. The van der Waals surface area contributed by atoms with E-state index in [1.807, 2.05) is 55.5 Å². The van der Waals surface area contributed by atoms with E-state index in [9.17, 15) is 10.2 Å². The van der Waals surface area contributed by atoms with Crippen LogP contribution < -0.4 is 0 Å². The number of hydrogen-bond donors (Lipinski definition) is 2. The van der Waals surface area contributed by atoms with E-state index in [4.69, 9.17) is 0 Å². The van der Waals surface area contributed by atoms with Crippen LogP contribution in [-0.2, 0) is 11.8 Å². The molecule has 0 saturated heterocycles. The highest BCUT2D eigenvalue weighted by Gasteiger charge is 2.31. The second-order valence-corrected chi connectivity index (χ2v) is 6.09. The molecule has 106 valence electrons. The molecule has 0 aliphatic carbocycles. The first-order chi connectivity index (χ1) is 9.61. The Morgan fingerprint density at radius 3 is 2.10 bits per heavy atom. The summed E-state index contributed by atoms with van der Waals surface area (Å²) in [6.45, 7) is 1.85. The van der Waals surface area contributed by atoms with Crippen LogP contribution in [0.3, 0.4) is 0 Å². The lowest BCUT2D eigenvalue weighted by Gasteiger charge is -2.31. The highest BCUT2D eigenvalue weighted by Crippen LogP contribution is 2.31. The van der Waals surface area contributed by atoms with E-state index in [1.54, 1.807) is 0 Å². The van der Waals surface area contributed by atoms with Crippen LogP contribution in [-0.4, -0.2) is 23.4 Å². The second kappa shape index (κ2) is 6.53. The maximum atomic E-state index is 9.88. The van der Waals surface area contributed by atoms with E-state index in [1.165, 1.54) is 5.56 Å². The van der Waals surface area contributed by atoms with Crippen molar-refractivity contribution in [2.45, 2.75) is 18.8 Å². The van der Waals surface area contributed by atoms with Crippen LogP contribution >= 0.6 is 15.9 Å². The third kappa shape index (κ3) is 3.11. The Balaban J connectivity index is 2.39. The average Bonchev–Trinajstić information content (AvgIpc) is 2.48. The smallest absolute Gasteiger partial charge is 0.0553 e. The Morgan fingerprint density at radius 1 is 0.950 bits per heavy atom. The summed E-state index contributed by atoms with van der Waals surface area (Å²) in [4.78, 5) is 0. The van der Waals surface area contributed by atoms with Crippen molar-refractivity contribution in [1.82, 2.24) is 0 Å². The Hall–Kier alpha value is -1.16. The van der Waals surface area contributed by atoms with Crippen molar-refractivity contribution in [2.24, 2.45) is 0 Å². The largest absolute Gasteiger partial charge is 0.395 e. The quantitative estimate of drug-likeness (QED) is 0.881. The number of aliphatic hydroxyl groups is 2. The topological polar surface area (TPSA) is 40.5 Å². The van der Waals surface area contributed by atoms with Crippen LogP contribution in [0.4, 0.5) is 0 Å². The standard InChI is InChI=1S/C17H19BrO2/c1-13-6-8-15(9-7-13)17(11-19,12-20)10-14-4-2-3-5-16(14)18/h2-9,19-20H,10-12H2,1H3. The fourth-order valence-corrected chi connectivity index (χ4v) is 2.78. The van der Waals surface area contributed by atoms with Gasteiger partial charge in [0.05, 0.1) is 13.2 Å². The highest BCUT2D eigenvalue weighted by molar-refractivity contribution is 9.10. The van der Waals surface area contributed by atoms with E-state index >= 15 is 0 Å². The minimum atomic E-state index is -0.655. The van der Waals surface area contributed by atoms with E-state index in [-0.39, 0.29) is 13.2 Å². The molecule has 0 aliphatic rings. The number of hydrogen-bond acceptors (Lipinski definition) is 2. The molecule has 20 heavy (non-hydrogen) atoms. The molecule has 0 aromatic heterocycles. The lowest BCUT2D eigenvalue weighted by Crippen LogP contribution is -2.37. The van der Waals surface area contributed by atoms with Gasteiger partial charge in [0.1, 0.15) is 0 Å². The summed E-state index contributed by atoms with van der Waals surface area (Å²) >= 11 is 3.53. The molecule has 2 N–H and O–H groups in total. The van der Waals surface area contributed by atoms with Crippen molar-refractivity contribution in [1.29, 1.82) is 0 Å². The molecule has 0 bridgehead atoms. The zero-order chi connectivity index (χ0) is 14.6. The van der Waals surface area contributed by atoms with Gasteiger partial charge in [-0.2, -0.15) is 0 Å². The summed E-state index contributed by atoms with van der Waals surface area (Å²) in [5.41, 5.74) is 2.55.